The number of rotatable bonds is 7. The van der Waals surface area contributed by atoms with Crippen LogP contribution in [0.25, 0.3) is 5.65 Å². The lowest BCUT2D eigenvalue weighted by Crippen LogP contribution is -2.32. The molecule has 1 fully saturated rings. The molecule has 160 valence electrons. The van der Waals surface area contributed by atoms with Crippen molar-refractivity contribution in [2.45, 2.75) is 52.0 Å². The predicted octanol–water partition coefficient (Wildman–Crippen LogP) is 2.76. The summed E-state index contributed by atoms with van der Waals surface area (Å²) in [6.07, 6.45) is 8.00. The van der Waals surface area contributed by atoms with Gasteiger partial charge >= 0.3 is 0 Å². The molecule has 0 saturated heterocycles. The van der Waals surface area contributed by atoms with Crippen LogP contribution in [-0.2, 0) is 0 Å². The van der Waals surface area contributed by atoms with Gasteiger partial charge in [0.1, 0.15) is 11.7 Å². The molecule has 1 atom stereocenters. The van der Waals surface area contributed by atoms with Gasteiger partial charge in [0.15, 0.2) is 11.4 Å². The van der Waals surface area contributed by atoms with Crippen LogP contribution in [0.15, 0.2) is 22.7 Å². The van der Waals surface area contributed by atoms with Crippen molar-refractivity contribution in [3.05, 3.63) is 41.5 Å². The summed E-state index contributed by atoms with van der Waals surface area (Å²) >= 11 is 0. The van der Waals surface area contributed by atoms with Crippen LogP contribution in [0.2, 0.25) is 0 Å². The van der Waals surface area contributed by atoms with E-state index < -0.39 is 6.04 Å². The van der Waals surface area contributed by atoms with Crippen molar-refractivity contribution in [3.8, 4) is 5.75 Å². The quantitative estimate of drug-likeness (QED) is 0.612. The van der Waals surface area contributed by atoms with Crippen LogP contribution in [0.3, 0.4) is 0 Å². The number of hydrogen-bond acceptors (Lipinski definition) is 7. The third-order valence-corrected chi connectivity index (χ3v) is 5.53. The number of aromatic nitrogens is 4. The molecular formula is C21H27N5O4. The molecule has 0 bridgehead atoms. The Balaban J connectivity index is 1.55. The van der Waals surface area contributed by atoms with Gasteiger partial charge in [-0.3, -0.25) is 9.20 Å². The number of aliphatic hydroxyl groups is 1. The van der Waals surface area contributed by atoms with Gasteiger partial charge in [0.05, 0.1) is 18.9 Å². The average Bonchev–Trinajstić information content (AvgIpc) is 3.33. The van der Waals surface area contributed by atoms with Crippen LogP contribution in [-0.4, -0.2) is 43.8 Å². The number of aryl methyl sites for hydroxylation is 2. The van der Waals surface area contributed by atoms with E-state index in [0.717, 1.165) is 0 Å². The molecule has 3 heterocycles. The van der Waals surface area contributed by atoms with Gasteiger partial charge in [0, 0.05) is 13.1 Å². The van der Waals surface area contributed by atoms with Crippen LogP contribution in [0, 0.1) is 19.8 Å². The van der Waals surface area contributed by atoms with E-state index in [1.165, 1.54) is 32.1 Å². The summed E-state index contributed by atoms with van der Waals surface area (Å²) in [7, 11) is 0. The van der Waals surface area contributed by atoms with Crippen LogP contribution >= 0.6 is 0 Å². The second-order valence-electron chi connectivity index (χ2n) is 7.79. The number of fused-ring (bicyclic) bond motifs is 1. The van der Waals surface area contributed by atoms with E-state index in [2.05, 4.69) is 20.5 Å². The van der Waals surface area contributed by atoms with Gasteiger partial charge in [0.25, 0.3) is 5.91 Å². The van der Waals surface area contributed by atoms with Crippen molar-refractivity contribution in [2.24, 2.45) is 5.92 Å². The Morgan fingerprint density at radius 3 is 2.83 bits per heavy atom. The maximum absolute atomic E-state index is 13.0. The number of carbonyl (C=O) groups excluding carboxylic acids is 1. The Morgan fingerprint density at radius 1 is 1.33 bits per heavy atom. The normalized spacial score (nSPS) is 16.0. The van der Waals surface area contributed by atoms with Crippen LogP contribution < -0.4 is 10.1 Å². The summed E-state index contributed by atoms with van der Waals surface area (Å²) in [6, 6.07) is 2.92. The summed E-state index contributed by atoms with van der Waals surface area (Å²) in [4.78, 5) is 17.6. The largest absolute Gasteiger partial charge is 0.489 e. The summed E-state index contributed by atoms with van der Waals surface area (Å²) in [5, 5.41) is 20.1. The first-order valence-corrected chi connectivity index (χ1v) is 10.4. The lowest BCUT2D eigenvalue weighted by molar-refractivity contribution is 0.0897. The Kier molecular flexibility index (Phi) is 5.98. The highest BCUT2D eigenvalue weighted by molar-refractivity contribution is 5.95. The molecule has 1 aliphatic rings. The lowest BCUT2D eigenvalue weighted by atomic mass is 9.90. The zero-order valence-electron chi connectivity index (χ0n) is 17.3. The van der Waals surface area contributed by atoms with Crippen molar-refractivity contribution >= 4 is 11.6 Å². The van der Waals surface area contributed by atoms with E-state index in [1.54, 1.807) is 24.4 Å². The minimum absolute atomic E-state index is 0.159. The Bertz CT molecular complexity index is 1020. The molecule has 9 heteroatoms. The van der Waals surface area contributed by atoms with Crippen LogP contribution in [0.5, 0.6) is 5.75 Å². The van der Waals surface area contributed by atoms with Crippen molar-refractivity contribution in [1.82, 2.24) is 24.9 Å². The van der Waals surface area contributed by atoms with Gasteiger partial charge in [-0.25, -0.2) is 4.98 Å². The van der Waals surface area contributed by atoms with Crippen molar-refractivity contribution in [1.29, 1.82) is 0 Å². The molecule has 4 rings (SSSR count). The molecule has 1 amide bonds. The molecule has 3 aromatic rings. The number of ether oxygens (including phenoxy) is 1. The number of nitrogens with one attached hydrogen (secondary N) is 1. The average molecular weight is 413 g/mol. The first-order valence-electron chi connectivity index (χ1n) is 10.4. The monoisotopic (exact) mass is 413 g/mol. The Morgan fingerprint density at radius 2 is 2.13 bits per heavy atom. The molecule has 1 saturated carbocycles. The SMILES string of the molecule is Cc1nnc([C@H](CO)NC(=O)c2c(C)nc3c(OCC4CCCCC4)cccn23)o1. The summed E-state index contributed by atoms with van der Waals surface area (Å²) in [5.41, 5.74) is 1.55. The Labute approximate surface area is 174 Å². The zero-order valence-corrected chi connectivity index (χ0v) is 17.3. The standard InChI is InChI=1S/C21H27N5O4/c1-13-18(20(28)23-16(11-27)21-25-24-14(2)30-21)26-10-6-9-17(19(26)22-13)29-12-15-7-4-3-5-8-15/h6,9-10,15-16,27H,3-5,7-8,11-12H2,1-2H3,(H,23,28)/t16-/m0/s1. The van der Waals surface area contributed by atoms with E-state index in [4.69, 9.17) is 9.15 Å². The van der Waals surface area contributed by atoms with Crippen molar-refractivity contribution in [3.63, 3.8) is 0 Å². The van der Waals surface area contributed by atoms with Crippen LogP contribution in [0.4, 0.5) is 0 Å². The fraction of sp³-hybridized carbons (Fsp3) is 0.524. The van der Waals surface area contributed by atoms with Gasteiger partial charge in [-0.1, -0.05) is 19.3 Å². The smallest absolute Gasteiger partial charge is 0.270 e. The van der Waals surface area contributed by atoms with Crippen molar-refractivity contribution in [2.75, 3.05) is 13.2 Å². The first-order chi connectivity index (χ1) is 14.6. The first kappa shape index (κ1) is 20.3. The number of hydrogen-bond donors (Lipinski definition) is 2. The van der Waals surface area contributed by atoms with Gasteiger partial charge in [-0.15, -0.1) is 10.2 Å². The molecule has 0 spiro atoms. The molecule has 0 aromatic carbocycles. The fourth-order valence-corrected chi connectivity index (χ4v) is 3.97. The fourth-order valence-electron chi connectivity index (χ4n) is 3.97. The van der Waals surface area contributed by atoms with E-state index in [-0.39, 0.29) is 18.4 Å². The number of pyridine rings is 1. The van der Waals surface area contributed by atoms with Crippen LogP contribution in [0.1, 0.15) is 66.1 Å². The summed E-state index contributed by atoms with van der Waals surface area (Å²) < 4.78 is 13.2. The highest BCUT2D eigenvalue weighted by Crippen LogP contribution is 2.27. The number of carbonyl (C=O) groups is 1. The summed E-state index contributed by atoms with van der Waals surface area (Å²) in [5.74, 6) is 1.37. The summed E-state index contributed by atoms with van der Waals surface area (Å²) in [6.45, 7) is 3.73. The highest BCUT2D eigenvalue weighted by Gasteiger charge is 2.25. The maximum atomic E-state index is 13.0. The van der Waals surface area contributed by atoms with E-state index in [1.807, 2.05) is 12.1 Å². The molecule has 9 nitrogen and oxygen atoms in total. The van der Waals surface area contributed by atoms with Gasteiger partial charge in [0.2, 0.25) is 11.8 Å². The molecular weight excluding hydrogens is 386 g/mol. The van der Waals surface area contributed by atoms with Gasteiger partial charge in [-0.05, 0) is 37.8 Å². The molecule has 30 heavy (non-hydrogen) atoms. The van der Waals surface area contributed by atoms with Gasteiger partial charge in [-0.2, -0.15) is 0 Å². The minimum Gasteiger partial charge on any atom is -0.489 e. The molecule has 2 N–H and O–H groups in total. The Hall–Kier alpha value is -2.94. The maximum Gasteiger partial charge on any atom is 0.270 e. The number of nitrogens with zero attached hydrogens (tertiary/aromatic N) is 4. The van der Waals surface area contributed by atoms with Gasteiger partial charge < -0.3 is 19.6 Å². The number of imidazole rings is 1. The predicted molar refractivity (Wildman–Crippen MR) is 108 cm³/mol. The van der Waals surface area contributed by atoms with E-state index >= 15 is 0 Å². The second-order valence-corrected chi connectivity index (χ2v) is 7.79. The third kappa shape index (κ3) is 4.16. The molecule has 0 unspecified atom stereocenters. The minimum atomic E-state index is -0.797. The topological polar surface area (TPSA) is 115 Å². The molecule has 3 aromatic heterocycles. The zero-order chi connectivity index (χ0) is 21.1. The van der Waals surface area contributed by atoms with Crippen molar-refractivity contribution < 1.29 is 19.1 Å². The van der Waals surface area contributed by atoms with E-state index in [0.29, 0.717) is 41.2 Å². The molecule has 0 aliphatic heterocycles. The van der Waals surface area contributed by atoms with E-state index in [9.17, 15) is 9.90 Å². The lowest BCUT2D eigenvalue weighted by Gasteiger charge is -2.21. The highest BCUT2D eigenvalue weighted by atomic mass is 16.5. The number of aliphatic hydroxyl groups excluding tert-OH is 1. The second kappa shape index (κ2) is 8.83. The molecule has 0 radical (unpaired) electrons. The third-order valence-electron chi connectivity index (χ3n) is 5.53. The molecule has 1 aliphatic carbocycles. The number of amides is 1.